The number of ether oxygens (including phenoxy) is 1. The summed E-state index contributed by atoms with van der Waals surface area (Å²) in [6, 6.07) is 12.6. The molecule has 0 bridgehead atoms. The van der Waals surface area contributed by atoms with E-state index in [1.807, 2.05) is 6.07 Å². The fourth-order valence-corrected chi connectivity index (χ4v) is 3.17. The molecule has 0 aromatic heterocycles. The van der Waals surface area contributed by atoms with E-state index < -0.39 is 5.97 Å². The lowest BCUT2D eigenvalue weighted by molar-refractivity contribution is -0.141. The van der Waals surface area contributed by atoms with E-state index in [2.05, 4.69) is 17.4 Å². The molecule has 140 valence electrons. The molecule has 2 aromatic carbocycles. The molecule has 0 unspecified atom stereocenters. The molecule has 0 saturated carbocycles. The van der Waals surface area contributed by atoms with Crippen molar-refractivity contribution in [3.63, 3.8) is 0 Å². The van der Waals surface area contributed by atoms with Crippen LogP contribution in [-0.4, -0.2) is 24.3 Å². The first-order valence-corrected chi connectivity index (χ1v) is 9.24. The third-order valence-corrected chi connectivity index (χ3v) is 4.69. The number of amides is 1. The minimum Gasteiger partial charge on any atom is -0.457 e. The molecule has 5 nitrogen and oxygen atoms in total. The Morgan fingerprint density at radius 1 is 1.00 bits per heavy atom. The minimum absolute atomic E-state index is 0.0884. The molecule has 0 atom stereocenters. The number of nitrogens with one attached hydrogen (secondary N) is 1. The Balaban J connectivity index is 1.49. The maximum absolute atomic E-state index is 12.2. The number of Topliss-reactive ketones (excluding diaryl/α,β-unsaturated/α-hetero) is 1. The second kappa shape index (κ2) is 8.62. The maximum Gasteiger partial charge on any atom is 0.310 e. The molecular weight excluding hydrogens is 342 g/mol. The van der Waals surface area contributed by atoms with E-state index >= 15 is 0 Å². The number of carbonyl (C=O) groups is 3. The van der Waals surface area contributed by atoms with Gasteiger partial charge in [0.15, 0.2) is 12.4 Å². The first-order chi connectivity index (χ1) is 13.0. The standard InChI is InChI=1S/C22H23NO4/c1-2-21(25)23-19-10-8-17(9-11-19)20(24)14-27-22(26)13-15-6-7-16-4-3-5-18(16)12-15/h6-12H,2-5,13-14H2,1H3,(H,23,25). The Labute approximate surface area is 158 Å². The van der Waals surface area contributed by atoms with E-state index in [1.165, 1.54) is 17.5 Å². The van der Waals surface area contributed by atoms with Crippen LogP contribution in [0.3, 0.4) is 0 Å². The number of esters is 1. The molecule has 1 aliphatic carbocycles. The van der Waals surface area contributed by atoms with Gasteiger partial charge in [-0.25, -0.2) is 0 Å². The van der Waals surface area contributed by atoms with Crippen LogP contribution in [0.25, 0.3) is 0 Å². The number of aryl methyl sites for hydroxylation is 2. The second-order valence-electron chi connectivity index (χ2n) is 6.70. The van der Waals surface area contributed by atoms with Gasteiger partial charge in [0.2, 0.25) is 5.91 Å². The zero-order chi connectivity index (χ0) is 19.2. The zero-order valence-electron chi connectivity index (χ0n) is 15.4. The van der Waals surface area contributed by atoms with Gasteiger partial charge in [-0.2, -0.15) is 0 Å². The predicted octanol–water partition coefficient (Wildman–Crippen LogP) is 3.49. The molecule has 1 amide bonds. The number of benzene rings is 2. The van der Waals surface area contributed by atoms with E-state index in [0.717, 1.165) is 18.4 Å². The van der Waals surface area contributed by atoms with Crippen molar-refractivity contribution >= 4 is 23.3 Å². The maximum atomic E-state index is 12.2. The van der Waals surface area contributed by atoms with Gasteiger partial charge in [0.05, 0.1) is 6.42 Å². The third-order valence-electron chi connectivity index (χ3n) is 4.69. The largest absolute Gasteiger partial charge is 0.457 e. The topological polar surface area (TPSA) is 72.5 Å². The second-order valence-corrected chi connectivity index (χ2v) is 6.70. The Hall–Kier alpha value is -2.95. The van der Waals surface area contributed by atoms with Crippen molar-refractivity contribution in [2.75, 3.05) is 11.9 Å². The molecule has 2 aromatic rings. The highest BCUT2D eigenvalue weighted by Gasteiger charge is 2.14. The summed E-state index contributed by atoms with van der Waals surface area (Å²) in [7, 11) is 0. The molecular formula is C22H23NO4. The molecule has 0 aliphatic heterocycles. The van der Waals surface area contributed by atoms with Gasteiger partial charge in [-0.3, -0.25) is 14.4 Å². The lowest BCUT2D eigenvalue weighted by Gasteiger charge is -2.07. The summed E-state index contributed by atoms with van der Waals surface area (Å²) in [4.78, 5) is 35.6. The first kappa shape index (κ1) is 18.8. The Morgan fingerprint density at radius 3 is 2.48 bits per heavy atom. The fraction of sp³-hybridized carbons (Fsp3) is 0.318. The quantitative estimate of drug-likeness (QED) is 0.602. The van der Waals surface area contributed by atoms with Crippen molar-refractivity contribution in [1.29, 1.82) is 0 Å². The summed E-state index contributed by atoms with van der Waals surface area (Å²) < 4.78 is 5.14. The van der Waals surface area contributed by atoms with E-state index in [0.29, 0.717) is 17.7 Å². The lowest BCUT2D eigenvalue weighted by Crippen LogP contribution is -2.16. The lowest BCUT2D eigenvalue weighted by atomic mass is 10.0. The van der Waals surface area contributed by atoms with E-state index in [9.17, 15) is 14.4 Å². The van der Waals surface area contributed by atoms with Crippen molar-refractivity contribution in [1.82, 2.24) is 0 Å². The summed E-state index contributed by atoms with van der Waals surface area (Å²) in [5, 5.41) is 2.72. The van der Waals surface area contributed by atoms with E-state index in [1.54, 1.807) is 31.2 Å². The highest BCUT2D eigenvalue weighted by molar-refractivity contribution is 5.98. The molecule has 5 heteroatoms. The Morgan fingerprint density at radius 2 is 1.74 bits per heavy atom. The average Bonchev–Trinajstić information content (AvgIpc) is 3.14. The first-order valence-electron chi connectivity index (χ1n) is 9.24. The van der Waals surface area contributed by atoms with Gasteiger partial charge in [-0.15, -0.1) is 0 Å². The highest BCUT2D eigenvalue weighted by atomic mass is 16.5. The molecule has 0 heterocycles. The predicted molar refractivity (Wildman–Crippen MR) is 103 cm³/mol. The monoisotopic (exact) mass is 365 g/mol. The van der Waals surface area contributed by atoms with Crippen molar-refractivity contribution in [3.8, 4) is 0 Å². The van der Waals surface area contributed by atoms with Crippen LogP contribution in [-0.2, 0) is 33.6 Å². The summed E-state index contributed by atoms with van der Waals surface area (Å²) in [6.07, 6.45) is 3.89. The fourth-order valence-electron chi connectivity index (χ4n) is 3.17. The van der Waals surface area contributed by atoms with Crippen molar-refractivity contribution in [3.05, 3.63) is 64.7 Å². The van der Waals surface area contributed by atoms with Crippen molar-refractivity contribution < 1.29 is 19.1 Å². The molecule has 0 fully saturated rings. The van der Waals surface area contributed by atoms with Crippen molar-refractivity contribution in [2.24, 2.45) is 0 Å². The van der Waals surface area contributed by atoms with Crippen LogP contribution >= 0.6 is 0 Å². The van der Waals surface area contributed by atoms with Gasteiger partial charge in [0.1, 0.15) is 0 Å². The third kappa shape index (κ3) is 5.03. The van der Waals surface area contributed by atoms with E-state index in [-0.39, 0.29) is 24.7 Å². The molecule has 0 spiro atoms. The van der Waals surface area contributed by atoms with Gasteiger partial charge in [0, 0.05) is 17.7 Å². The molecule has 1 N–H and O–H groups in total. The number of carbonyl (C=O) groups excluding carboxylic acids is 3. The molecule has 0 radical (unpaired) electrons. The number of rotatable bonds is 7. The normalized spacial score (nSPS) is 12.3. The van der Waals surface area contributed by atoms with Gasteiger partial charge in [-0.05, 0) is 60.2 Å². The van der Waals surface area contributed by atoms with Crippen LogP contribution in [0.5, 0.6) is 0 Å². The van der Waals surface area contributed by atoms with Crippen LogP contribution < -0.4 is 5.32 Å². The van der Waals surface area contributed by atoms with Gasteiger partial charge in [-0.1, -0.05) is 25.1 Å². The van der Waals surface area contributed by atoms with E-state index in [4.69, 9.17) is 4.74 Å². The Bertz CT molecular complexity index is 855. The van der Waals surface area contributed by atoms with Crippen LogP contribution in [0.2, 0.25) is 0 Å². The summed E-state index contributed by atoms with van der Waals surface area (Å²) >= 11 is 0. The molecule has 27 heavy (non-hydrogen) atoms. The number of anilines is 1. The zero-order valence-corrected chi connectivity index (χ0v) is 15.4. The number of ketones is 1. The summed E-state index contributed by atoms with van der Waals surface area (Å²) in [5.41, 5.74) is 4.67. The number of hydrogen-bond acceptors (Lipinski definition) is 4. The van der Waals surface area contributed by atoms with Crippen molar-refractivity contribution in [2.45, 2.75) is 39.0 Å². The number of fused-ring (bicyclic) bond motifs is 1. The number of hydrogen-bond donors (Lipinski definition) is 1. The van der Waals surface area contributed by atoms with Crippen LogP contribution in [0, 0.1) is 0 Å². The average molecular weight is 365 g/mol. The van der Waals surface area contributed by atoms with Gasteiger partial charge >= 0.3 is 5.97 Å². The molecule has 1 aliphatic rings. The minimum atomic E-state index is -0.409. The Kier molecular flexibility index (Phi) is 6.01. The van der Waals surface area contributed by atoms with Crippen LogP contribution in [0.4, 0.5) is 5.69 Å². The highest BCUT2D eigenvalue weighted by Crippen LogP contribution is 2.23. The summed E-state index contributed by atoms with van der Waals surface area (Å²) in [5.74, 6) is -0.770. The molecule has 3 rings (SSSR count). The summed E-state index contributed by atoms with van der Waals surface area (Å²) in [6.45, 7) is 1.48. The van der Waals surface area contributed by atoms with Gasteiger partial charge in [0.25, 0.3) is 0 Å². The van der Waals surface area contributed by atoms with Crippen LogP contribution in [0.1, 0.15) is 46.8 Å². The van der Waals surface area contributed by atoms with Gasteiger partial charge < -0.3 is 10.1 Å². The SMILES string of the molecule is CCC(=O)Nc1ccc(C(=O)COC(=O)Cc2ccc3c(c2)CCC3)cc1. The molecule has 0 saturated heterocycles. The van der Waals surface area contributed by atoms with Crippen LogP contribution in [0.15, 0.2) is 42.5 Å². The smallest absolute Gasteiger partial charge is 0.310 e.